The van der Waals surface area contributed by atoms with Gasteiger partial charge in [0, 0.05) is 28.3 Å². The largest absolute Gasteiger partial charge is 0.375 e. The number of carbonyl (C=O) groups is 1. The van der Waals surface area contributed by atoms with Crippen molar-refractivity contribution < 1.29 is 17.9 Å². The first-order chi connectivity index (χ1) is 12.3. The van der Waals surface area contributed by atoms with Crippen molar-refractivity contribution in [3.8, 4) is 0 Å². The molecule has 1 aromatic heterocycles. The van der Waals surface area contributed by atoms with Gasteiger partial charge in [-0.15, -0.1) is 11.3 Å². The van der Waals surface area contributed by atoms with Gasteiger partial charge in [-0.05, 0) is 24.3 Å². The molecule has 6 nitrogen and oxygen atoms in total. The number of halogens is 1. The van der Waals surface area contributed by atoms with Gasteiger partial charge in [0.2, 0.25) is 0 Å². The molecule has 0 spiro atoms. The van der Waals surface area contributed by atoms with Crippen molar-refractivity contribution >= 4 is 44.4 Å². The van der Waals surface area contributed by atoms with Crippen molar-refractivity contribution in [2.45, 2.75) is 12.7 Å². The fourth-order valence-electron chi connectivity index (χ4n) is 2.05. The molecule has 0 radical (unpaired) electrons. The number of ether oxygens (including phenoxy) is 1. The van der Waals surface area contributed by atoms with Crippen LogP contribution in [-0.4, -0.2) is 39.5 Å². The summed E-state index contributed by atoms with van der Waals surface area (Å²) in [5.41, 5.74) is 3.72. The lowest BCUT2D eigenvalue weighted by molar-refractivity contribution is -0.124. The van der Waals surface area contributed by atoms with E-state index in [4.69, 9.17) is 16.3 Å². The number of hydrazone groups is 1. The Bertz CT molecular complexity index is 890. The number of thiophene rings is 1. The molecule has 1 N–H and O–H groups in total. The summed E-state index contributed by atoms with van der Waals surface area (Å²) in [6.07, 6.45) is 0. The van der Waals surface area contributed by atoms with Crippen LogP contribution in [0, 0.1) is 0 Å². The van der Waals surface area contributed by atoms with Crippen LogP contribution in [0.5, 0.6) is 0 Å². The summed E-state index contributed by atoms with van der Waals surface area (Å²) in [4.78, 5) is 13.1. The minimum absolute atomic E-state index is 0.0158. The third-order valence-corrected chi connectivity index (χ3v) is 6.54. The second-order valence-corrected chi connectivity index (χ2v) is 9.34. The van der Waals surface area contributed by atoms with Crippen molar-refractivity contribution in [3.05, 3.63) is 56.7 Å². The Morgan fingerprint density at radius 1 is 1.23 bits per heavy atom. The number of amides is 1. The second-order valence-electron chi connectivity index (χ2n) is 5.38. The average molecular weight is 415 g/mol. The van der Waals surface area contributed by atoms with Crippen LogP contribution in [0.1, 0.15) is 22.2 Å². The maximum Gasteiger partial charge on any atom is 0.266 e. The Kier molecular flexibility index (Phi) is 7.33. The lowest BCUT2D eigenvalue weighted by atomic mass is 10.1. The van der Waals surface area contributed by atoms with Gasteiger partial charge >= 0.3 is 0 Å². The second kappa shape index (κ2) is 9.27. The topological polar surface area (TPSA) is 84.8 Å². The maximum absolute atomic E-state index is 11.8. The lowest BCUT2D eigenvalue weighted by Gasteiger charge is -2.06. The molecule has 2 aromatic rings. The average Bonchev–Trinajstić information content (AvgIpc) is 3.04. The molecule has 1 aromatic carbocycles. The summed E-state index contributed by atoms with van der Waals surface area (Å²) in [6.45, 7) is 1.51. The first kappa shape index (κ1) is 20.6. The fourth-order valence-corrected chi connectivity index (χ4v) is 4.50. The van der Waals surface area contributed by atoms with Gasteiger partial charge in [-0.2, -0.15) is 5.10 Å². The minimum atomic E-state index is -3.12. The molecule has 9 heteroatoms. The number of sulfone groups is 1. The van der Waals surface area contributed by atoms with Crippen LogP contribution < -0.4 is 5.43 Å². The van der Waals surface area contributed by atoms with Crippen molar-refractivity contribution in [3.63, 3.8) is 0 Å². The quantitative estimate of drug-likeness (QED) is 0.531. The van der Waals surface area contributed by atoms with Gasteiger partial charge in [0.1, 0.15) is 12.3 Å². The van der Waals surface area contributed by atoms with E-state index in [0.717, 1.165) is 10.4 Å². The van der Waals surface area contributed by atoms with Crippen LogP contribution in [0.15, 0.2) is 41.5 Å². The molecule has 0 bridgehead atoms. The Morgan fingerprint density at radius 3 is 2.54 bits per heavy atom. The van der Waals surface area contributed by atoms with Crippen LogP contribution >= 0.6 is 22.9 Å². The van der Waals surface area contributed by atoms with Gasteiger partial charge in [0.05, 0.1) is 10.6 Å². The Balaban J connectivity index is 2.35. The maximum atomic E-state index is 11.8. The smallest absolute Gasteiger partial charge is 0.266 e. The van der Waals surface area contributed by atoms with E-state index in [1.807, 2.05) is 0 Å². The third-order valence-electron chi connectivity index (χ3n) is 3.38. The minimum Gasteiger partial charge on any atom is -0.375 e. The van der Waals surface area contributed by atoms with E-state index in [2.05, 4.69) is 10.5 Å². The van der Waals surface area contributed by atoms with Gasteiger partial charge < -0.3 is 4.74 Å². The highest BCUT2D eigenvalue weighted by Crippen LogP contribution is 2.23. The highest BCUT2D eigenvalue weighted by Gasteiger charge is 2.15. The predicted octanol–water partition coefficient (Wildman–Crippen LogP) is 2.85. The van der Waals surface area contributed by atoms with E-state index in [1.54, 1.807) is 43.3 Å². The molecule has 0 saturated heterocycles. The Hall–Kier alpha value is -1.74. The predicted molar refractivity (Wildman–Crippen MR) is 105 cm³/mol. The molecule has 0 atom stereocenters. The molecule has 0 unspecified atom stereocenters. The number of rotatable bonds is 8. The standard InChI is InChI=1S/C17H19ClN2O4S2/c1-3-26(22,23)11-14-8-9-15(25-14)17(20-19-16(21)10-24-2)12-4-6-13(18)7-5-12/h4-9H,3,10-11H2,1-2H3,(H,19,21). The molecule has 1 amide bonds. The Morgan fingerprint density at radius 2 is 1.92 bits per heavy atom. The van der Waals surface area contributed by atoms with Crippen molar-refractivity contribution in [2.24, 2.45) is 5.10 Å². The van der Waals surface area contributed by atoms with Crippen LogP contribution in [0.3, 0.4) is 0 Å². The molecule has 0 fully saturated rings. The summed E-state index contributed by atoms with van der Waals surface area (Å²) in [5, 5.41) is 4.78. The number of methoxy groups -OCH3 is 1. The summed E-state index contributed by atoms with van der Waals surface area (Å²) >= 11 is 7.26. The number of nitrogens with zero attached hydrogens (tertiary/aromatic N) is 1. The number of hydrogen-bond donors (Lipinski definition) is 1. The summed E-state index contributed by atoms with van der Waals surface area (Å²) in [5.74, 6) is -0.312. The van der Waals surface area contributed by atoms with Gasteiger partial charge in [-0.1, -0.05) is 30.7 Å². The number of carbonyl (C=O) groups excluding carboxylic acids is 1. The highest BCUT2D eigenvalue weighted by atomic mass is 35.5. The number of benzene rings is 1. The first-order valence-corrected chi connectivity index (χ1v) is 10.8. The van der Waals surface area contributed by atoms with E-state index >= 15 is 0 Å². The molecule has 140 valence electrons. The summed E-state index contributed by atoms with van der Waals surface area (Å²) in [7, 11) is -1.70. The molecule has 0 aliphatic heterocycles. The fraction of sp³-hybridized carbons (Fsp3) is 0.294. The molecule has 26 heavy (non-hydrogen) atoms. The number of nitrogens with one attached hydrogen (secondary N) is 1. The molecular formula is C17H19ClN2O4S2. The third kappa shape index (κ3) is 5.91. The van der Waals surface area contributed by atoms with E-state index in [1.165, 1.54) is 18.4 Å². The monoisotopic (exact) mass is 414 g/mol. The molecule has 0 aliphatic rings. The summed E-state index contributed by atoms with van der Waals surface area (Å²) in [6, 6.07) is 10.6. The van der Waals surface area contributed by atoms with Crippen LogP contribution in [-0.2, 0) is 25.1 Å². The van der Waals surface area contributed by atoms with Gasteiger partial charge in [0.15, 0.2) is 9.84 Å². The highest BCUT2D eigenvalue weighted by molar-refractivity contribution is 7.90. The molecule has 0 aliphatic carbocycles. The molecule has 0 saturated carbocycles. The lowest BCUT2D eigenvalue weighted by Crippen LogP contribution is -2.24. The normalized spacial score (nSPS) is 12.2. The summed E-state index contributed by atoms with van der Waals surface area (Å²) < 4.78 is 28.4. The van der Waals surface area contributed by atoms with E-state index in [9.17, 15) is 13.2 Å². The van der Waals surface area contributed by atoms with E-state index < -0.39 is 9.84 Å². The van der Waals surface area contributed by atoms with Crippen LogP contribution in [0.4, 0.5) is 0 Å². The van der Waals surface area contributed by atoms with E-state index in [-0.39, 0.29) is 24.0 Å². The van der Waals surface area contributed by atoms with Crippen LogP contribution in [0.2, 0.25) is 5.02 Å². The van der Waals surface area contributed by atoms with Crippen molar-refractivity contribution in [1.82, 2.24) is 5.43 Å². The van der Waals surface area contributed by atoms with Crippen molar-refractivity contribution in [2.75, 3.05) is 19.5 Å². The zero-order valence-corrected chi connectivity index (χ0v) is 16.7. The van der Waals surface area contributed by atoms with Crippen molar-refractivity contribution in [1.29, 1.82) is 0 Å². The van der Waals surface area contributed by atoms with Gasteiger partial charge in [-0.25, -0.2) is 13.8 Å². The van der Waals surface area contributed by atoms with Crippen LogP contribution in [0.25, 0.3) is 0 Å². The number of hydrogen-bond acceptors (Lipinski definition) is 6. The van der Waals surface area contributed by atoms with E-state index in [0.29, 0.717) is 15.6 Å². The van der Waals surface area contributed by atoms with Gasteiger partial charge in [0.25, 0.3) is 5.91 Å². The van der Waals surface area contributed by atoms with Gasteiger partial charge in [-0.3, -0.25) is 4.79 Å². The molecule has 1 heterocycles. The molecular weight excluding hydrogens is 396 g/mol. The zero-order valence-electron chi connectivity index (χ0n) is 14.4. The zero-order chi connectivity index (χ0) is 19.2. The molecule has 2 rings (SSSR count). The Labute approximate surface area is 161 Å². The first-order valence-electron chi connectivity index (χ1n) is 7.75. The SMILES string of the molecule is CCS(=O)(=O)Cc1ccc(C(=NNC(=O)COC)c2ccc(Cl)cc2)s1.